The molecule has 1 saturated carbocycles. The average molecular weight is 409 g/mol. The van der Waals surface area contributed by atoms with E-state index in [-0.39, 0.29) is 23.1 Å². The maximum Gasteiger partial charge on any atom is 0.274 e. The lowest BCUT2D eigenvalue weighted by molar-refractivity contribution is -0.384. The highest BCUT2D eigenvalue weighted by Crippen LogP contribution is 2.39. The van der Waals surface area contributed by atoms with Crippen LogP contribution >= 0.6 is 0 Å². The van der Waals surface area contributed by atoms with Crippen molar-refractivity contribution in [1.82, 2.24) is 20.3 Å². The number of halogens is 1. The van der Waals surface area contributed by atoms with Crippen molar-refractivity contribution in [1.29, 1.82) is 0 Å². The predicted molar refractivity (Wildman–Crippen MR) is 107 cm³/mol. The minimum atomic E-state index is -0.577. The number of nitrogens with zero attached hydrogens (tertiary/aromatic N) is 4. The summed E-state index contributed by atoms with van der Waals surface area (Å²) in [5.41, 5.74) is 1.28. The van der Waals surface area contributed by atoms with Crippen LogP contribution in [0.2, 0.25) is 0 Å². The zero-order valence-electron chi connectivity index (χ0n) is 16.3. The molecule has 0 atom stereocenters. The molecule has 1 N–H and O–H groups in total. The van der Waals surface area contributed by atoms with E-state index in [1.165, 1.54) is 28.9 Å². The maximum atomic E-state index is 13.4. The fourth-order valence-electron chi connectivity index (χ4n) is 4.03. The lowest BCUT2D eigenvalue weighted by Crippen LogP contribution is -2.44. The third kappa shape index (κ3) is 3.54. The van der Waals surface area contributed by atoms with Crippen molar-refractivity contribution in [2.24, 2.45) is 0 Å². The molecule has 0 radical (unpaired) electrons. The van der Waals surface area contributed by atoms with Crippen LogP contribution in [-0.4, -0.2) is 25.8 Å². The van der Waals surface area contributed by atoms with Crippen LogP contribution in [0.1, 0.15) is 47.4 Å². The summed E-state index contributed by atoms with van der Waals surface area (Å²) in [5.74, 6) is -0.704. The van der Waals surface area contributed by atoms with Gasteiger partial charge in [-0.25, -0.2) is 9.07 Å². The molecule has 0 bridgehead atoms. The number of non-ortho nitro benzene ring substituents is 1. The average Bonchev–Trinajstić information content (AvgIpc) is 3.36. The van der Waals surface area contributed by atoms with Crippen molar-refractivity contribution >= 4 is 11.6 Å². The molecule has 1 aromatic heterocycles. The first kappa shape index (κ1) is 19.7. The van der Waals surface area contributed by atoms with E-state index in [4.69, 9.17) is 0 Å². The predicted octanol–water partition coefficient (Wildman–Crippen LogP) is 3.82. The number of aromatic nitrogens is 3. The van der Waals surface area contributed by atoms with Crippen LogP contribution in [0.15, 0.2) is 48.5 Å². The second-order valence-corrected chi connectivity index (χ2v) is 7.46. The first-order valence-corrected chi connectivity index (χ1v) is 9.65. The van der Waals surface area contributed by atoms with Crippen LogP contribution in [0.4, 0.5) is 10.1 Å². The van der Waals surface area contributed by atoms with Gasteiger partial charge in [-0.2, -0.15) is 0 Å². The molecule has 4 rings (SSSR count). The van der Waals surface area contributed by atoms with Gasteiger partial charge in [-0.3, -0.25) is 14.9 Å². The maximum absolute atomic E-state index is 13.4. The molecule has 9 heteroatoms. The summed E-state index contributed by atoms with van der Waals surface area (Å²) in [4.78, 5) is 23.6. The standard InChI is InChI=1S/C21H20FN5O3/c1-14-19(24-25-26(14)17-5-4-6-18(13-17)27(29)30)20(28)23-21(11-2-3-12-21)15-7-9-16(22)10-8-15/h4-10,13H,2-3,11-12H2,1H3,(H,23,28). The van der Waals surface area contributed by atoms with Crippen molar-refractivity contribution in [2.45, 2.75) is 38.1 Å². The van der Waals surface area contributed by atoms with E-state index < -0.39 is 10.5 Å². The zero-order chi connectivity index (χ0) is 21.3. The van der Waals surface area contributed by atoms with Gasteiger partial charge in [0, 0.05) is 12.1 Å². The minimum Gasteiger partial charge on any atom is -0.341 e. The molecule has 0 saturated heterocycles. The van der Waals surface area contributed by atoms with Gasteiger partial charge in [-0.1, -0.05) is 36.3 Å². The normalized spacial score (nSPS) is 15.1. The summed E-state index contributed by atoms with van der Waals surface area (Å²) in [6.45, 7) is 1.69. The van der Waals surface area contributed by atoms with Gasteiger partial charge in [0.1, 0.15) is 5.82 Å². The number of carbonyl (C=O) groups is 1. The van der Waals surface area contributed by atoms with E-state index in [0.717, 1.165) is 31.2 Å². The highest BCUT2D eigenvalue weighted by molar-refractivity contribution is 5.94. The Kier molecular flexibility index (Phi) is 5.03. The summed E-state index contributed by atoms with van der Waals surface area (Å²) in [6.07, 6.45) is 3.42. The summed E-state index contributed by atoms with van der Waals surface area (Å²) in [5, 5.41) is 22.2. The number of nitro benzene ring substituents is 1. The van der Waals surface area contributed by atoms with Crippen molar-refractivity contribution in [2.75, 3.05) is 0 Å². The van der Waals surface area contributed by atoms with Gasteiger partial charge in [0.15, 0.2) is 5.69 Å². The lowest BCUT2D eigenvalue weighted by Gasteiger charge is -2.30. The Hall–Kier alpha value is -3.62. The highest BCUT2D eigenvalue weighted by Gasteiger charge is 2.38. The minimum absolute atomic E-state index is 0.0744. The van der Waals surface area contributed by atoms with Crippen LogP contribution < -0.4 is 5.32 Å². The SMILES string of the molecule is Cc1c(C(=O)NC2(c3ccc(F)cc3)CCCC2)nnn1-c1cccc([N+](=O)[O-])c1. The first-order chi connectivity index (χ1) is 14.4. The second-order valence-electron chi connectivity index (χ2n) is 7.46. The molecular formula is C21H20FN5O3. The molecule has 1 amide bonds. The van der Waals surface area contributed by atoms with Crippen molar-refractivity contribution in [3.8, 4) is 5.69 Å². The van der Waals surface area contributed by atoms with Crippen LogP contribution in [-0.2, 0) is 5.54 Å². The zero-order valence-corrected chi connectivity index (χ0v) is 16.3. The Balaban J connectivity index is 1.63. The monoisotopic (exact) mass is 409 g/mol. The van der Waals surface area contributed by atoms with E-state index in [0.29, 0.717) is 11.4 Å². The third-order valence-corrected chi connectivity index (χ3v) is 5.60. The van der Waals surface area contributed by atoms with Crippen molar-refractivity contribution < 1.29 is 14.1 Å². The van der Waals surface area contributed by atoms with Crippen LogP contribution in [0.25, 0.3) is 5.69 Å². The fourth-order valence-corrected chi connectivity index (χ4v) is 4.03. The number of hydrogen-bond donors (Lipinski definition) is 1. The smallest absolute Gasteiger partial charge is 0.274 e. The number of carbonyl (C=O) groups excluding carboxylic acids is 1. The van der Waals surface area contributed by atoms with Gasteiger partial charge in [0.2, 0.25) is 0 Å². The van der Waals surface area contributed by atoms with E-state index in [1.54, 1.807) is 31.2 Å². The number of nitro groups is 1. The summed E-state index contributed by atoms with van der Waals surface area (Å²) >= 11 is 0. The van der Waals surface area contributed by atoms with Gasteiger partial charge in [0.25, 0.3) is 11.6 Å². The Labute approximate surface area is 171 Å². The third-order valence-electron chi connectivity index (χ3n) is 5.60. The molecule has 0 aliphatic heterocycles. The summed E-state index contributed by atoms with van der Waals surface area (Å²) in [6, 6.07) is 12.2. The molecule has 1 fully saturated rings. The lowest BCUT2D eigenvalue weighted by atomic mass is 9.88. The number of benzene rings is 2. The van der Waals surface area contributed by atoms with Gasteiger partial charge < -0.3 is 5.32 Å². The molecule has 30 heavy (non-hydrogen) atoms. The molecule has 154 valence electrons. The van der Waals surface area contributed by atoms with Crippen molar-refractivity contribution in [3.05, 3.63) is 81.4 Å². The molecule has 0 unspecified atom stereocenters. The molecule has 1 aliphatic rings. The van der Waals surface area contributed by atoms with Gasteiger partial charge in [-0.15, -0.1) is 5.10 Å². The molecule has 1 heterocycles. The fraction of sp³-hybridized carbons (Fsp3) is 0.286. The van der Waals surface area contributed by atoms with Gasteiger partial charge >= 0.3 is 0 Å². The molecule has 2 aromatic carbocycles. The van der Waals surface area contributed by atoms with E-state index in [1.807, 2.05) is 0 Å². The Morgan fingerprint density at radius 1 is 1.20 bits per heavy atom. The van der Waals surface area contributed by atoms with Crippen molar-refractivity contribution in [3.63, 3.8) is 0 Å². The Morgan fingerprint density at radius 3 is 2.57 bits per heavy atom. The second kappa shape index (κ2) is 7.66. The Morgan fingerprint density at radius 2 is 1.90 bits per heavy atom. The molecule has 1 aliphatic carbocycles. The van der Waals surface area contributed by atoms with Crippen LogP contribution in [0.5, 0.6) is 0 Å². The van der Waals surface area contributed by atoms with E-state index >= 15 is 0 Å². The highest BCUT2D eigenvalue weighted by atomic mass is 19.1. The van der Waals surface area contributed by atoms with Gasteiger partial charge in [-0.05, 0) is 43.5 Å². The Bertz CT molecular complexity index is 1100. The summed E-state index contributed by atoms with van der Waals surface area (Å²) < 4.78 is 14.8. The van der Waals surface area contributed by atoms with Crippen LogP contribution in [0, 0.1) is 22.9 Å². The van der Waals surface area contributed by atoms with Crippen LogP contribution in [0.3, 0.4) is 0 Å². The number of amides is 1. The largest absolute Gasteiger partial charge is 0.341 e. The molecular weight excluding hydrogens is 389 g/mol. The van der Waals surface area contributed by atoms with Gasteiger partial charge in [0.05, 0.1) is 21.8 Å². The molecule has 8 nitrogen and oxygen atoms in total. The topological polar surface area (TPSA) is 103 Å². The number of hydrogen-bond acceptors (Lipinski definition) is 5. The first-order valence-electron chi connectivity index (χ1n) is 9.65. The molecule has 3 aromatic rings. The van der Waals surface area contributed by atoms with E-state index in [9.17, 15) is 19.3 Å². The summed E-state index contributed by atoms with van der Waals surface area (Å²) in [7, 11) is 0. The van der Waals surface area contributed by atoms with E-state index in [2.05, 4.69) is 15.6 Å². The number of nitrogens with one attached hydrogen (secondary N) is 1. The quantitative estimate of drug-likeness (QED) is 0.510. The number of rotatable bonds is 5. The molecule has 0 spiro atoms.